The van der Waals surface area contributed by atoms with Gasteiger partial charge in [0.1, 0.15) is 11.5 Å². The van der Waals surface area contributed by atoms with Gasteiger partial charge in [0, 0.05) is 55.5 Å². The highest BCUT2D eigenvalue weighted by Crippen LogP contribution is 2.31. The van der Waals surface area contributed by atoms with E-state index in [-0.39, 0.29) is 40.0 Å². The molecular weight excluding hydrogens is 560 g/mol. The van der Waals surface area contributed by atoms with E-state index in [1.165, 1.54) is 44.4 Å². The maximum atomic E-state index is 13.5. The van der Waals surface area contributed by atoms with Gasteiger partial charge in [-0.15, -0.1) is 0 Å². The van der Waals surface area contributed by atoms with Crippen LogP contribution in [0.4, 0.5) is 23.0 Å². The van der Waals surface area contributed by atoms with Crippen molar-refractivity contribution in [2.45, 2.75) is 24.7 Å². The molecule has 0 bridgehead atoms. The van der Waals surface area contributed by atoms with Crippen LogP contribution in [0, 0.1) is 5.92 Å². The van der Waals surface area contributed by atoms with Crippen LogP contribution in [-0.2, 0) is 19.6 Å². The Balaban J connectivity index is 1.39. The summed E-state index contributed by atoms with van der Waals surface area (Å²) in [5.41, 5.74) is 1.71. The molecule has 4 N–H and O–H groups in total. The first-order valence-corrected chi connectivity index (χ1v) is 14.7. The van der Waals surface area contributed by atoms with Gasteiger partial charge in [0.2, 0.25) is 11.8 Å². The van der Waals surface area contributed by atoms with Gasteiger partial charge in [0.25, 0.3) is 10.0 Å². The molecule has 0 aliphatic carbocycles. The third-order valence-corrected chi connectivity index (χ3v) is 8.25. The predicted octanol–water partition coefficient (Wildman–Crippen LogP) is 4.09. The summed E-state index contributed by atoms with van der Waals surface area (Å²) >= 11 is 0. The Bertz CT molecular complexity index is 1760. The number of rotatable bonds is 8. The molecule has 0 unspecified atom stereocenters. The number of fused-ring (bicyclic) bond motifs is 1. The zero-order valence-corrected chi connectivity index (χ0v) is 23.8. The Morgan fingerprint density at radius 2 is 1.62 bits per heavy atom. The number of carbonyl (C=O) groups excluding carboxylic acids is 2. The van der Waals surface area contributed by atoms with Crippen molar-refractivity contribution in [1.82, 2.24) is 14.9 Å². The number of phenolic OH excluding ortho intramolecular Hbond substituents is 1. The number of hydrogen-bond donors (Lipinski definition) is 4. The number of phenols is 1. The van der Waals surface area contributed by atoms with Crippen molar-refractivity contribution in [3.8, 4) is 11.5 Å². The van der Waals surface area contributed by atoms with Gasteiger partial charge < -0.3 is 25.4 Å². The molecule has 0 spiro atoms. The van der Waals surface area contributed by atoms with Crippen LogP contribution in [0.5, 0.6) is 11.5 Å². The second-order valence-corrected chi connectivity index (χ2v) is 11.5. The molecular formula is C29H30N6O6S. The van der Waals surface area contributed by atoms with E-state index < -0.39 is 10.0 Å². The maximum Gasteiger partial charge on any atom is 0.263 e. The van der Waals surface area contributed by atoms with E-state index in [9.17, 15) is 23.1 Å². The number of sulfonamides is 1. The first kappa shape index (κ1) is 28.6. The average molecular weight is 591 g/mol. The Hall–Kier alpha value is -4.91. The molecule has 1 aliphatic heterocycles. The van der Waals surface area contributed by atoms with E-state index in [0.717, 1.165) is 0 Å². The van der Waals surface area contributed by atoms with Crippen molar-refractivity contribution >= 4 is 55.9 Å². The molecule has 0 saturated carbocycles. The van der Waals surface area contributed by atoms with Crippen LogP contribution in [0.1, 0.15) is 19.8 Å². The molecule has 5 rings (SSSR count). The Morgan fingerprint density at radius 1 is 0.929 bits per heavy atom. The van der Waals surface area contributed by atoms with Crippen molar-refractivity contribution < 1.29 is 27.9 Å². The highest BCUT2D eigenvalue weighted by atomic mass is 32.2. The van der Waals surface area contributed by atoms with Crippen LogP contribution >= 0.6 is 0 Å². The van der Waals surface area contributed by atoms with Crippen LogP contribution in [0.25, 0.3) is 11.0 Å². The minimum atomic E-state index is -4.18. The quantitative estimate of drug-likeness (QED) is 0.237. The average Bonchev–Trinajstić information content (AvgIpc) is 2.97. The third-order valence-electron chi connectivity index (χ3n) is 6.91. The fourth-order valence-corrected chi connectivity index (χ4v) is 5.75. The number of anilines is 4. The van der Waals surface area contributed by atoms with E-state index >= 15 is 0 Å². The monoisotopic (exact) mass is 590 g/mol. The van der Waals surface area contributed by atoms with Crippen LogP contribution in [0.3, 0.4) is 0 Å². The molecule has 0 atom stereocenters. The Labute approximate surface area is 242 Å². The minimum absolute atomic E-state index is 0.0182. The summed E-state index contributed by atoms with van der Waals surface area (Å²) in [6, 6.07) is 17.4. The summed E-state index contributed by atoms with van der Waals surface area (Å²) in [5.74, 6) is -0.164. The fourth-order valence-electron chi connectivity index (χ4n) is 4.70. The maximum absolute atomic E-state index is 13.5. The molecule has 4 aromatic rings. The van der Waals surface area contributed by atoms with Crippen LogP contribution in [0.15, 0.2) is 71.6 Å². The number of ether oxygens (including phenoxy) is 1. The molecule has 2 heterocycles. The highest BCUT2D eigenvalue weighted by molar-refractivity contribution is 7.92. The largest absolute Gasteiger partial charge is 0.508 e. The molecule has 1 fully saturated rings. The van der Waals surface area contributed by atoms with E-state index in [1.54, 1.807) is 41.3 Å². The van der Waals surface area contributed by atoms with Gasteiger partial charge >= 0.3 is 0 Å². The fraction of sp³-hybridized carbons (Fsp3) is 0.241. The molecule has 1 aromatic heterocycles. The number of hydrogen-bond acceptors (Lipinski definition) is 9. The first-order chi connectivity index (χ1) is 20.1. The second-order valence-electron chi connectivity index (χ2n) is 9.86. The van der Waals surface area contributed by atoms with Crippen molar-refractivity contribution in [2.75, 3.05) is 35.6 Å². The minimum Gasteiger partial charge on any atom is -0.508 e. The van der Waals surface area contributed by atoms with Gasteiger partial charge in [-0.2, -0.15) is 0 Å². The van der Waals surface area contributed by atoms with Crippen molar-refractivity contribution in [2.24, 2.45) is 5.92 Å². The number of aromatic nitrogens is 2. The number of amides is 2. The van der Waals surface area contributed by atoms with Gasteiger partial charge in [-0.1, -0.05) is 18.2 Å². The van der Waals surface area contributed by atoms with Crippen molar-refractivity contribution in [3.63, 3.8) is 0 Å². The summed E-state index contributed by atoms with van der Waals surface area (Å²) in [4.78, 5) is 35.1. The normalized spacial score (nSPS) is 13.9. The zero-order chi connectivity index (χ0) is 29.9. The van der Waals surface area contributed by atoms with E-state index in [2.05, 4.69) is 25.3 Å². The van der Waals surface area contributed by atoms with E-state index in [1.807, 2.05) is 0 Å². The van der Waals surface area contributed by atoms with E-state index in [4.69, 9.17) is 4.74 Å². The SMILES string of the molecule is COc1cc(O)cc(Nc2nc3ccccc3nc2NS(=O)(=O)c2cccc(NC(=O)C3CCN(C(C)=O)CC3)c2)c1. The van der Waals surface area contributed by atoms with Crippen LogP contribution in [-0.4, -0.2) is 60.4 Å². The number of likely N-dealkylation sites (tertiary alicyclic amines) is 1. The van der Waals surface area contributed by atoms with E-state index in [0.29, 0.717) is 54.1 Å². The number of piperidine rings is 1. The Kier molecular flexibility index (Phi) is 8.11. The molecule has 13 heteroatoms. The topological polar surface area (TPSA) is 163 Å². The van der Waals surface area contributed by atoms with Crippen molar-refractivity contribution in [3.05, 3.63) is 66.7 Å². The van der Waals surface area contributed by atoms with Gasteiger partial charge in [-0.3, -0.25) is 14.3 Å². The molecule has 12 nitrogen and oxygen atoms in total. The predicted molar refractivity (Wildman–Crippen MR) is 158 cm³/mol. The summed E-state index contributed by atoms with van der Waals surface area (Å²) in [7, 11) is -2.72. The van der Waals surface area contributed by atoms with Gasteiger partial charge in [0.15, 0.2) is 11.6 Å². The van der Waals surface area contributed by atoms with Gasteiger partial charge in [-0.25, -0.2) is 18.4 Å². The number of aromatic hydroxyl groups is 1. The lowest BCUT2D eigenvalue weighted by atomic mass is 9.96. The van der Waals surface area contributed by atoms with Gasteiger partial charge in [0.05, 0.1) is 23.0 Å². The lowest BCUT2D eigenvalue weighted by Crippen LogP contribution is -2.40. The third kappa shape index (κ3) is 6.52. The number of methoxy groups -OCH3 is 1. The Morgan fingerprint density at radius 3 is 2.29 bits per heavy atom. The van der Waals surface area contributed by atoms with Crippen LogP contribution < -0.4 is 20.1 Å². The molecule has 218 valence electrons. The summed E-state index contributed by atoms with van der Waals surface area (Å²) in [6.07, 6.45) is 1.07. The smallest absolute Gasteiger partial charge is 0.263 e. The number of carbonyl (C=O) groups is 2. The number of nitrogens with one attached hydrogen (secondary N) is 3. The first-order valence-electron chi connectivity index (χ1n) is 13.2. The summed E-state index contributed by atoms with van der Waals surface area (Å²) in [5, 5.41) is 15.9. The number of para-hydroxylation sites is 2. The molecule has 42 heavy (non-hydrogen) atoms. The molecule has 3 aromatic carbocycles. The lowest BCUT2D eigenvalue weighted by molar-refractivity contribution is -0.132. The standard InChI is InChI=1S/C29H30N6O6S/c1-18(36)35-12-10-19(11-13-35)29(38)31-20-6-5-7-24(16-20)42(39,40)34-28-27(32-25-8-3-4-9-26(25)33-28)30-21-14-22(37)17-23(15-21)41-2/h3-9,14-17,19,37H,10-13H2,1-2H3,(H,30,32)(H,31,38)(H,33,34). The molecule has 1 aliphatic rings. The van der Waals surface area contributed by atoms with Crippen molar-refractivity contribution in [1.29, 1.82) is 0 Å². The zero-order valence-electron chi connectivity index (χ0n) is 23.0. The number of nitrogens with zero attached hydrogens (tertiary/aromatic N) is 3. The number of benzene rings is 3. The summed E-state index contributed by atoms with van der Waals surface area (Å²) in [6.45, 7) is 2.52. The van der Waals surface area contributed by atoms with Gasteiger partial charge in [-0.05, 0) is 43.2 Å². The lowest BCUT2D eigenvalue weighted by Gasteiger charge is -2.30. The molecule has 0 radical (unpaired) electrons. The molecule has 1 saturated heterocycles. The molecule has 2 amide bonds. The van der Waals surface area contributed by atoms with Crippen LogP contribution in [0.2, 0.25) is 0 Å². The highest BCUT2D eigenvalue weighted by Gasteiger charge is 2.26. The second kappa shape index (κ2) is 11.9. The summed E-state index contributed by atoms with van der Waals surface area (Å²) < 4.78 is 34.8.